The summed E-state index contributed by atoms with van der Waals surface area (Å²) < 4.78 is 0. The first-order valence-electron chi connectivity index (χ1n) is 7.93. The first-order chi connectivity index (χ1) is 9.33. The minimum Gasteiger partial charge on any atom is -0.312 e. The van der Waals surface area contributed by atoms with E-state index >= 15 is 0 Å². The van der Waals surface area contributed by atoms with E-state index in [9.17, 15) is 9.59 Å². The highest BCUT2D eigenvalue weighted by Crippen LogP contribution is 2.44. The highest BCUT2D eigenvalue weighted by molar-refractivity contribution is 6.05. The zero-order valence-electron chi connectivity index (χ0n) is 13.2. The molecular weight excluding hydrogens is 252 g/mol. The molecule has 2 unspecified atom stereocenters. The molecule has 20 heavy (non-hydrogen) atoms. The van der Waals surface area contributed by atoms with Gasteiger partial charge >= 0.3 is 0 Å². The molecule has 1 saturated heterocycles. The Hall–Kier alpha value is -0.900. The fourth-order valence-corrected chi connectivity index (χ4v) is 3.45. The second-order valence-electron chi connectivity index (χ2n) is 7.32. The van der Waals surface area contributed by atoms with E-state index < -0.39 is 0 Å². The van der Waals surface area contributed by atoms with Crippen LogP contribution in [0.4, 0.5) is 0 Å². The van der Waals surface area contributed by atoms with Gasteiger partial charge in [0.25, 0.3) is 0 Å². The van der Waals surface area contributed by atoms with Gasteiger partial charge in [0.2, 0.25) is 11.8 Å². The quantitative estimate of drug-likeness (QED) is 0.620. The third kappa shape index (κ3) is 3.22. The van der Waals surface area contributed by atoms with E-state index in [4.69, 9.17) is 0 Å². The Morgan fingerprint density at radius 1 is 1.15 bits per heavy atom. The molecule has 0 aromatic rings. The standard InChI is InChI=1S/C16H28N2O2/c1-5-11-9-12-13(10-11)15(20)18(14(12)19)8-6-7-17-16(2,3)4/h11-13,17H,5-10H2,1-4H3. The summed E-state index contributed by atoms with van der Waals surface area (Å²) in [5, 5.41) is 3.39. The van der Waals surface area contributed by atoms with Gasteiger partial charge in [0.05, 0.1) is 11.8 Å². The molecule has 4 nitrogen and oxygen atoms in total. The maximum Gasteiger partial charge on any atom is 0.233 e. The van der Waals surface area contributed by atoms with E-state index in [2.05, 4.69) is 33.0 Å². The largest absolute Gasteiger partial charge is 0.312 e. The van der Waals surface area contributed by atoms with Crippen molar-refractivity contribution in [3.05, 3.63) is 0 Å². The van der Waals surface area contributed by atoms with Crippen LogP contribution < -0.4 is 5.32 Å². The van der Waals surface area contributed by atoms with Gasteiger partial charge in [-0.05, 0) is 52.5 Å². The van der Waals surface area contributed by atoms with Gasteiger partial charge in [-0.25, -0.2) is 0 Å². The zero-order chi connectivity index (χ0) is 14.9. The number of amides is 2. The van der Waals surface area contributed by atoms with Crippen molar-refractivity contribution in [1.82, 2.24) is 10.2 Å². The van der Waals surface area contributed by atoms with E-state index in [-0.39, 0.29) is 29.2 Å². The lowest BCUT2D eigenvalue weighted by molar-refractivity contribution is -0.140. The normalized spacial score (nSPS) is 30.2. The zero-order valence-corrected chi connectivity index (χ0v) is 13.2. The Morgan fingerprint density at radius 3 is 2.15 bits per heavy atom. The topological polar surface area (TPSA) is 49.4 Å². The van der Waals surface area contributed by atoms with Crippen molar-refractivity contribution in [3.63, 3.8) is 0 Å². The molecule has 1 heterocycles. The summed E-state index contributed by atoms with van der Waals surface area (Å²) in [5.41, 5.74) is 0.0872. The Bertz CT molecular complexity index is 362. The summed E-state index contributed by atoms with van der Waals surface area (Å²) in [5.74, 6) is 0.729. The van der Waals surface area contributed by atoms with Gasteiger partial charge in [-0.15, -0.1) is 0 Å². The van der Waals surface area contributed by atoms with E-state index in [0.29, 0.717) is 12.5 Å². The summed E-state index contributed by atoms with van der Waals surface area (Å²) in [4.78, 5) is 26.2. The predicted octanol–water partition coefficient (Wildman–Crippen LogP) is 2.19. The third-order valence-electron chi connectivity index (χ3n) is 4.62. The fraction of sp³-hybridized carbons (Fsp3) is 0.875. The van der Waals surface area contributed by atoms with Crippen molar-refractivity contribution in [3.8, 4) is 0 Å². The monoisotopic (exact) mass is 280 g/mol. The average Bonchev–Trinajstić information content (AvgIpc) is 2.87. The molecule has 1 aliphatic heterocycles. The number of nitrogens with one attached hydrogen (secondary N) is 1. The van der Waals surface area contributed by atoms with Crippen LogP contribution in [0.5, 0.6) is 0 Å². The lowest BCUT2D eigenvalue weighted by Crippen LogP contribution is -2.39. The molecule has 114 valence electrons. The number of likely N-dealkylation sites (tertiary alicyclic amines) is 1. The van der Waals surface area contributed by atoms with Crippen molar-refractivity contribution in [2.24, 2.45) is 17.8 Å². The van der Waals surface area contributed by atoms with Crippen LogP contribution in [0.3, 0.4) is 0 Å². The van der Waals surface area contributed by atoms with Gasteiger partial charge in [0.15, 0.2) is 0 Å². The van der Waals surface area contributed by atoms with Crippen LogP contribution in [0.25, 0.3) is 0 Å². The van der Waals surface area contributed by atoms with Crippen molar-refractivity contribution in [1.29, 1.82) is 0 Å². The maximum absolute atomic E-state index is 12.3. The van der Waals surface area contributed by atoms with Gasteiger partial charge in [-0.3, -0.25) is 14.5 Å². The number of carbonyl (C=O) groups is 2. The van der Waals surface area contributed by atoms with Crippen LogP contribution >= 0.6 is 0 Å². The van der Waals surface area contributed by atoms with Crippen LogP contribution in [0.15, 0.2) is 0 Å². The molecule has 2 aliphatic rings. The summed E-state index contributed by atoms with van der Waals surface area (Å²) in [7, 11) is 0. The number of imide groups is 1. The van der Waals surface area contributed by atoms with E-state index in [0.717, 1.165) is 32.2 Å². The molecule has 0 radical (unpaired) electrons. The average molecular weight is 280 g/mol. The first kappa shape index (κ1) is 15.5. The second kappa shape index (κ2) is 5.84. The second-order valence-corrected chi connectivity index (χ2v) is 7.32. The van der Waals surface area contributed by atoms with E-state index in [1.54, 1.807) is 0 Å². The lowest BCUT2D eigenvalue weighted by atomic mass is 10.00. The smallest absolute Gasteiger partial charge is 0.233 e. The Labute approximate surface area is 122 Å². The number of hydrogen-bond donors (Lipinski definition) is 1. The number of rotatable bonds is 5. The SMILES string of the molecule is CCC1CC2C(=O)N(CCCNC(C)(C)C)C(=O)C2C1. The van der Waals surface area contributed by atoms with E-state index in [1.165, 1.54) is 4.90 Å². The highest BCUT2D eigenvalue weighted by Gasteiger charge is 2.51. The molecule has 4 heteroatoms. The Balaban J connectivity index is 1.83. The van der Waals surface area contributed by atoms with Gasteiger partial charge in [0, 0.05) is 12.1 Å². The van der Waals surface area contributed by atoms with Gasteiger partial charge in [0.1, 0.15) is 0 Å². The van der Waals surface area contributed by atoms with E-state index in [1.807, 2.05) is 0 Å². The predicted molar refractivity (Wildman–Crippen MR) is 79.1 cm³/mol. The van der Waals surface area contributed by atoms with Crippen molar-refractivity contribution >= 4 is 11.8 Å². The summed E-state index contributed by atoms with van der Waals surface area (Å²) in [6.45, 7) is 9.92. The maximum atomic E-state index is 12.3. The fourth-order valence-electron chi connectivity index (χ4n) is 3.45. The molecule has 0 aromatic carbocycles. The molecule has 0 aromatic heterocycles. The van der Waals surface area contributed by atoms with Crippen LogP contribution in [0.1, 0.15) is 53.4 Å². The highest BCUT2D eigenvalue weighted by atomic mass is 16.2. The molecule has 2 fully saturated rings. The minimum absolute atomic E-state index is 0.0111. The Kier molecular flexibility index (Phi) is 4.52. The van der Waals surface area contributed by atoms with Crippen molar-refractivity contribution < 1.29 is 9.59 Å². The van der Waals surface area contributed by atoms with Crippen LogP contribution in [-0.4, -0.2) is 35.3 Å². The number of fused-ring (bicyclic) bond motifs is 1. The van der Waals surface area contributed by atoms with Gasteiger partial charge < -0.3 is 5.32 Å². The first-order valence-corrected chi connectivity index (χ1v) is 7.93. The molecular formula is C16H28N2O2. The lowest BCUT2D eigenvalue weighted by Gasteiger charge is -2.22. The van der Waals surface area contributed by atoms with Crippen LogP contribution in [0.2, 0.25) is 0 Å². The van der Waals surface area contributed by atoms with Crippen LogP contribution in [0, 0.1) is 17.8 Å². The number of nitrogens with zero attached hydrogens (tertiary/aromatic N) is 1. The molecule has 0 spiro atoms. The molecule has 2 atom stereocenters. The molecule has 1 aliphatic carbocycles. The molecule has 2 rings (SSSR count). The Morgan fingerprint density at radius 2 is 1.70 bits per heavy atom. The molecule has 1 saturated carbocycles. The minimum atomic E-state index is -0.0111. The van der Waals surface area contributed by atoms with Crippen molar-refractivity contribution in [2.45, 2.75) is 58.9 Å². The van der Waals surface area contributed by atoms with Crippen LogP contribution in [-0.2, 0) is 9.59 Å². The summed E-state index contributed by atoms with van der Waals surface area (Å²) >= 11 is 0. The van der Waals surface area contributed by atoms with Gasteiger partial charge in [-0.1, -0.05) is 13.3 Å². The number of carbonyl (C=O) groups excluding carboxylic acids is 2. The number of hydrogen-bond acceptors (Lipinski definition) is 3. The third-order valence-corrected chi connectivity index (χ3v) is 4.62. The molecule has 0 bridgehead atoms. The molecule has 1 N–H and O–H groups in total. The molecule has 2 amide bonds. The van der Waals surface area contributed by atoms with Gasteiger partial charge in [-0.2, -0.15) is 0 Å². The van der Waals surface area contributed by atoms with Crippen molar-refractivity contribution in [2.75, 3.05) is 13.1 Å². The summed E-state index contributed by atoms with van der Waals surface area (Å²) in [6.07, 6.45) is 3.76. The summed E-state index contributed by atoms with van der Waals surface area (Å²) in [6, 6.07) is 0.